The molecule has 2 heteroatoms. The smallest absolute Gasteiger partial charge is 0.135 e. The van der Waals surface area contributed by atoms with Gasteiger partial charge in [0.2, 0.25) is 0 Å². The van der Waals surface area contributed by atoms with Crippen LogP contribution in [0.15, 0.2) is 0 Å². The molecule has 0 atom stereocenters. The normalized spacial score (nSPS) is 22.8. The summed E-state index contributed by atoms with van der Waals surface area (Å²) in [5, 5.41) is 0. The minimum absolute atomic E-state index is 0.814. The molecule has 1 rings (SSSR count). The van der Waals surface area contributed by atoms with Gasteiger partial charge < -0.3 is 4.48 Å². The van der Waals surface area contributed by atoms with Crippen molar-refractivity contribution in [3.05, 3.63) is 0 Å². The Morgan fingerprint density at radius 2 is 1.85 bits per heavy atom. The van der Waals surface area contributed by atoms with E-state index in [1.807, 2.05) is 0 Å². The zero-order valence-electron chi connectivity index (χ0n) is 9.71. The number of quaternary nitrogens is 1. The molecule has 78 valence electrons. The standard InChI is InChI=1S/C11H25N2/c1-5-13(6-2)8-7-12(10-13)9-11(3)4/h11H,5-10H2,1-4H3/q+1. The van der Waals surface area contributed by atoms with Crippen molar-refractivity contribution < 1.29 is 4.48 Å². The number of nitrogens with zero attached hydrogens (tertiary/aromatic N) is 2. The molecular weight excluding hydrogens is 160 g/mol. The molecule has 13 heavy (non-hydrogen) atoms. The molecule has 0 aromatic rings. The quantitative estimate of drug-likeness (QED) is 0.603. The first-order chi connectivity index (χ1) is 6.12. The molecule has 0 bridgehead atoms. The SMILES string of the molecule is CC[N+]1(CC)CCN(CC(C)C)C1. The summed E-state index contributed by atoms with van der Waals surface area (Å²) in [5.74, 6) is 0.814. The van der Waals surface area contributed by atoms with Crippen LogP contribution in [0.2, 0.25) is 0 Å². The highest BCUT2D eigenvalue weighted by Gasteiger charge is 2.33. The first-order valence-electron chi connectivity index (χ1n) is 5.69. The van der Waals surface area contributed by atoms with Gasteiger partial charge in [0.1, 0.15) is 6.67 Å². The third kappa shape index (κ3) is 2.68. The second-order valence-electron chi connectivity index (χ2n) is 4.81. The van der Waals surface area contributed by atoms with Gasteiger partial charge in [0.25, 0.3) is 0 Å². The summed E-state index contributed by atoms with van der Waals surface area (Å²) in [7, 11) is 0. The van der Waals surface area contributed by atoms with Gasteiger partial charge in [-0.15, -0.1) is 0 Å². The van der Waals surface area contributed by atoms with Crippen LogP contribution in [-0.4, -0.2) is 48.8 Å². The molecule has 1 aliphatic heterocycles. The molecule has 1 fully saturated rings. The molecule has 0 radical (unpaired) electrons. The molecule has 1 aliphatic rings. The van der Waals surface area contributed by atoms with Crippen molar-refractivity contribution in [2.75, 3.05) is 39.4 Å². The van der Waals surface area contributed by atoms with E-state index in [0.717, 1.165) is 5.92 Å². The summed E-state index contributed by atoms with van der Waals surface area (Å²) in [6, 6.07) is 0. The van der Waals surface area contributed by atoms with Crippen LogP contribution in [0.1, 0.15) is 27.7 Å². The Labute approximate surface area is 83.1 Å². The van der Waals surface area contributed by atoms with Gasteiger partial charge in [0, 0.05) is 6.54 Å². The predicted octanol–water partition coefficient (Wildman–Crippen LogP) is 1.77. The van der Waals surface area contributed by atoms with E-state index in [0.29, 0.717) is 0 Å². The Bertz CT molecular complexity index is 150. The maximum absolute atomic E-state index is 2.62. The molecule has 0 aromatic carbocycles. The highest BCUT2D eigenvalue weighted by molar-refractivity contribution is 4.62. The first-order valence-corrected chi connectivity index (χ1v) is 5.69. The summed E-state index contributed by atoms with van der Waals surface area (Å²) >= 11 is 0. The molecule has 0 amide bonds. The third-order valence-electron chi connectivity index (χ3n) is 3.36. The Balaban J connectivity index is 2.42. The molecule has 0 aliphatic carbocycles. The maximum Gasteiger partial charge on any atom is 0.135 e. The van der Waals surface area contributed by atoms with Crippen LogP contribution in [-0.2, 0) is 0 Å². The van der Waals surface area contributed by atoms with Crippen LogP contribution in [0.3, 0.4) is 0 Å². The Morgan fingerprint density at radius 1 is 1.23 bits per heavy atom. The van der Waals surface area contributed by atoms with Gasteiger partial charge in [0.15, 0.2) is 0 Å². The van der Waals surface area contributed by atoms with E-state index in [9.17, 15) is 0 Å². The van der Waals surface area contributed by atoms with Crippen molar-refractivity contribution in [2.24, 2.45) is 5.92 Å². The lowest BCUT2D eigenvalue weighted by atomic mass is 10.2. The van der Waals surface area contributed by atoms with E-state index in [1.165, 1.54) is 43.9 Å². The third-order valence-corrected chi connectivity index (χ3v) is 3.36. The predicted molar refractivity (Wildman–Crippen MR) is 57.5 cm³/mol. The lowest BCUT2D eigenvalue weighted by molar-refractivity contribution is -0.917. The minimum Gasteiger partial charge on any atom is -0.310 e. The molecule has 1 heterocycles. The summed E-state index contributed by atoms with van der Waals surface area (Å²) < 4.78 is 1.31. The summed E-state index contributed by atoms with van der Waals surface area (Å²) in [6.45, 7) is 17.1. The Morgan fingerprint density at radius 3 is 2.23 bits per heavy atom. The molecule has 1 saturated heterocycles. The van der Waals surface area contributed by atoms with Crippen LogP contribution in [0, 0.1) is 5.92 Å². The zero-order valence-corrected chi connectivity index (χ0v) is 9.71. The minimum atomic E-state index is 0.814. The fourth-order valence-electron chi connectivity index (χ4n) is 2.32. The largest absolute Gasteiger partial charge is 0.310 e. The van der Waals surface area contributed by atoms with E-state index in [-0.39, 0.29) is 0 Å². The molecule has 2 nitrogen and oxygen atoms in total. The Kier molecular flexibility index (Phi) is 3.74. The van der Waals surface area contributed by atoms with Crippen molar-refractivity contribution >= 4 is 0 Å². The number of hydrogen-bond acceptors (Lipinski definition) is 1. The van der Waals surface area contributed by atoms with Crippen molar-refractivity contribution in [3.8, 4) is 0 Å². The number of likely N-dealkylation sites (N-methyl/N-ethyl adjacent to an activating group) is 1. The van der Waals surface area contributed by atoms with E-state index >= 15 is 0 Å². The van der Waals surface area contributed by atoms with Crippen molar-refractivity contribution in [1.82, 2.24) is 4.90 Å². The van der Waals surface area contributed by atoms with E-state index < -0.39 is 0 Å². The van der Waals surface area contributed by atoms with Crippen LogP contribution in [0.4, 0.5) is 0 Å². The van der Waals surface area contributed by atoms with E-state index in [4.69, 9.17) is 0 Å². The fourth-order valence-corrected chi connectivity index (χ4v) is 2.32. The van der Waals surface area contributed by atoms with E-state index in [1.54, 1.807) is 0 Å². The van der Waals surface area contributed by atoms with Crippen molar-refractivity contribution in [3.63, 3.8) is 0 Å². The zero-order chi connectivity index (χ0) is 9.90. The first kappa shape index (κ1) is 11.0. The summed E-state index contributed by atoms with van der Waals surface area (Å²) in [6.07, 6.45) is 0. The van der Waals surface area contributed by atoms with Gasteiger partial charge in [-0.3, -0.25) is 4.90 Å². The molecule has 0 N–H and O–H groups in total. The van der Waals surface area contributed by atoms with Gasteiger partial charge in [-0.1, -0.05) is 13.8 Å². The lowest BCUT2D eigenvalue weighted by Crippen LogP contribution is -2.46. The van der Waals surface area contributed by atoms with Crippen LogP contribution in [0.25, 0.3) is 0 Å². The highest BCUT2D eigenvalue weighted by atomic mass is 15.5. The van der Waals surface area contributed by atoms with Crippen molar-refractivity contribution in [2.45, 2.75) is 27.7 Å². The van der Waals surface area contributed by atoms with Gasteiger partial charge >= 0.3 is 0 Å². The van der Waals surface area contributed by atoms with Gasteiger partial charge in [-0.25, -0.2) is 0 Å². The second-order valence-corrected chi connectivity index (χ2v) is 4.81. The summed E-state index contributed by atoms with van der Waals surface area (Å²) in [5.41, 5.74) is 0. The number of rotatable bonds is 4. The van der Waals surface area contributed by atoms with Crippen LogP contribution >= 0.6 is 0 Å². The molecule has 0 saturated carbocycles. The van der Waals surface area contributed by atoms with Crippen LogP contribution in [0.5, 0.6) is 0 Å². The monoisotopic (exact) mass is 185 g/mol. The topological polar surface area (TPSA) is 3.24 Å². The van der Waals surface area contributed by atoms with Gasteiger partial charge in [0.05, 0.1) is 26.2 Å². The molecule has 0 aromatic heterocycles. The van der Waals surface area contributed by atoms with Gasteiger partial charge in [-0.05, 0) is 19.8 Å². The summed E-state index contributed by atoms with van der Waals surface area (Å²) in [4.78, 5) is 2.62. The highest BCUT2D eigenvalue weighted by Crippen LogP contribution is 2.16. The Hall–Kier alpha value is -0.0800. The average Bonchev–Trinajstić information content (AvgIpc) is 2.48. The molecule has 0 unspecified atom stereocenters. The average molecular weight is 185 g/mol. The number of hydrogen-bond donors (Lipinski definition) is 0. The van der Waals surface area contributed by atoms with Crippen molar-refractivity contribution in [1.29, 1.82) is 0 Å². The lowest BCUT2D eigenvalue weighted by Gasteiger charge is -2.31. The van der Waals surface area contributed by atoms with E-state index in [2.05, 4.69) is 32.6 Å². The molecule has 0 spiro atoms. The fraction of sp³-hybridized carbons (Fsp3) is 1.00. The molecular formula is C11H25N2+. The maximum atomic E-state index is 2.62. The van der Waals surface area contributed by atoms with Crippen LogP contribution < -0.4 is 0 Å². The van der Waals surface area contributed by atoms with Gasteiger partial charge in [-0.2, -0.15) is 0 Å². The second kappa shape index (κ2) is 4.43.